The molecule has 30 heavy (non-hydrogen) atoms. The third kappa shape index (κ3) is 4.40. The van der Waals surface area contributed by atoms with Crippen molar-refractivity contribution < 1.29 is 18.3 Å². The molecule has 0 saturated carbocycles. The molecule has 6 nitrogen and oxygen atoms in total. The number of halogens is 2. The van der Waals surface area contributed by atoms with E-state index in [9.17, 15) is 13.6 Å². The minimum atomic E-state index is -0.650. The molecule has 156 valence electrons. The lowest BCUT2D eigenvalue weighted by Gasteiger charge is -2.31. The number of hydrogen-bond acceptors (Lipinski definition) is 5. The summed E-state index contributed by atoms with van der Waals surface area (Å²) in [4.78, 5) is 14.3. The molecule has 0 aliphatic carbocycles. The molecule has 1 aliphatic heterocycles. The van der Waals surface area contributed by atoms with Crippen molar-refractivity contribution >= 4 is 23.1 Å². The van der Waals surface area contributed by atoms with Crippen LogP contribution in [0.2, 0.25) is 0 Å². The number of carbonyl (C=O) groups is 1. The largest absolute Gasteiger partial charge is 0.497 e. The molecule has 9 heteroatoms. The van der Waals surface area contributed by atoms with E-state index in [2.05, 4.69) is 15.5 Å². The molecule has 1 fully saturated rings. The number of amides is 2. The lowest BCUT2D eigenvalue weighted by atomic mass is 9.98. The maximum Gasteiger partial charge on any atom is 0.321 e. The van der Waals surface area contributed by atoms with E-state index in [4.69, 9.17) is 4.74 Å². The summed E-state index contributed by atoms with van der Waals surface area (Å²) in [5.74, 6) is -0.389. The Bertz CT molecular complexity index is 1030. The summed E-state index contributed by atoms with van der Waals surface area (Å²) in [7, 11) is 1.59. The third-order valence-corrected chi connectivity index (χ3v) is 6.19. The van der Waals surface area contributed by atoms with Gasteiger partial charge in [0, 0.05) is 36.3 Å². The summed E-state index contributed by atoms with van der Waals surface area (Å²) in [5.41, 5.74) is 0.953. The van der Waals surface area contributed by atoms with Crippen molar-refractivity contribution in [2.75, 3.05) is 25.5 Å². The van der Waals surface area contributed by atoms with Crippen molar-refractivity contribution in [2.45, 2.75) is 18.8 Å². The van der Waals surface area contributed by atoms with Crippen molar-refractivity contribution in [3.8, 4) is 16.3 Å². The Balaban J connectivity index is 1.35. The molecule has 0 atom stereocenters. The lowest BCUT2D eigenvalue weighted by Crippen LogP contribution is -2.40. The van der Waals surface area contributed by atoms with Crippen LogP contribution in [-0.2, 0) is 0 Å². The van der Waals surface area contributed by atoms with Crippen LogP contribution in [0.1, 0.15) is 23.8 Å². The van der Waals surface area contributed by atoms with Crippen molar-refractivity contribution in [1.82, 2.24) is 15.1 Å². The van der Waals surface area contributed by atoms with Gasteiger partial charge in [0.15, 0.2) is 5.01 Å². The fourth-order valence-corrected chi connectivity index (χ4v) is 4.42. The van der Waals surface area contributed by atoms with Gasteiger partial charge in [0.1, 0.15) is 22.4 Å². The van der Waals surface area contributed by atoms with Crippen LogP contribution < -0.4 is 10.1 Å². The van der Waals surface area contributed by atoms with E-state index in [0.29, 0.717) is 23.8 Å². The molecule has 0 bridgehead atoms. The number of urea groups is 1. The van der Waals surface area contributed by atoms with Gasteiger partial charge in [-0.2, -0.15) is 0 Å². The predicted octanol–water partition coefficient (Wildman–Crippen LogP) is 4.90. The van der Waals surface area contributed by atoms with Crippen LogP contribution in [0.25, 0.3) is 10.6 Å². The standard InChI is InChI=1S/C21H20F2N4O2S/c1-29-16-5-3-15(4-6-16)24-21(28)27-10-8-13(9-11-27)19-25-26-20(30-19)17-7-2-14(22)12-18(17)23/h2-7,12-13H,8-11H2,1H3,(H,24,28). The van der Waals surface area contributed by atoms with Gasteiger partial charge >= 0.3 is 6.03 Å². The fraction of sp³-hybridized carbons (Fsp3) is 0.286. The van der Waals surface area contributed by atoms with Gasteiger partial charge in [0.2, 0.25) is 0 Å². The van der Waals surface area contributed by atoms with E-state index < -0.39 is 11.6 Å². The molecule has 0 spiro atoms. The summed E-state index contributed by atoms with van der Waals surface area (Å²) in [6.07, 6.45) is 1.49. The summed E-state index contributed by atoms with van der Waals surface area (Å²) in [6, 6.07) is 10.4. The first-order valence-corrected chi connectivity index (χ1v) is 10.3. The number of nitrogens with zero attached hydrogens (tertiary/aromatic N) is 3. The zero-order valence-corrected chi connectivity index (χ0v) is 17.1. The monoisotopic (exact) mass is 430 g/mol. The summed E-state index contributed by atoms with van der Waals surface area (Å²) in [6.45, 7) is 1.18. The minimum Gasteiger partial charge on any atom is -0.497 e. The van der Waals surface area contributed by atoms with Crippen molar-refractivity contribution in [3.63, 3.8) is 0 Å². The molecule has 2 amide bonds. The molecule has 3 aromatic rings. The predicted molar refractivity (Wildman–Crippen MR) is 111 cm³/mol. The number of likely N-dealkylation sites (tertiary alicyclic amines) is 1. The SMILES string of the molecule is COc1ccc(NC(=O)N2CCC(c3nnc(-c4ccc(F)cc4F)s3)CC2)cc1. The van der Waals surface area contributed by atoms with E-state index in [1.54, 1.807) is 36.3 Å². The zero-order valence-electron chi connectivity index (χ0n) is 16.3. The average molecular weight is 430 g/mol. The molecule has 2 heterocycles. The highest BCUT2D eigenvalue weighted by molar-refractivity contribution is 7.14. The number of methoxy groups -OCH3 is 1. The van der Waals surface area contributed by atoms with Gasteiger partial charge in [-0.05, 0) is 49.2 Å². The Labute approximate surface area is 176 Å². The molecule has 2 aromatic carbocycles. The number of carbonyl (C=O) groups excluding carboxylic acids is 1. The number of piperidine rings is 1. The number of anilines is 1. The minimum absolute atomic E-state index is 0.148. The molecule has 0 unspecified atom stereocenters. The van der Waals surface area contributed by atoms with E-state index >= 15 is 0 Å². The molecule has 1 aromatic heterocycles. The van der Waals surface area contributed by atoms with E-state index in [1.807, 2.05) is 0 Å². The van der Waals surface area contributed by atoms with Gasteiger partial charge in [-0.3, -0.25) is 0 Å². The van der Waals surface area contributed by atoms with Gasteiger partial charge in [-0.25, -0.2) is 13.6 Å². The van der Waals surface area contributed by atoms with E-state index in [1.165, 1.54) is 23.5 Å². The molecule has 4 rings (SSSR count). The Hall–Kier alpha value is -3.07. The Kier molecular flexibility index (Phi) is 5.89. The highest BCUT2D eigenvalue weighted by Crippen LogP contribution is 2.34. The molecule has 0 radical (unpaired) electrons. The maximum atomic E-state index is 14.0. The molecular weight excluding hydrogens is 410 g/mol. The third-order valence-electron chi connectivity index (χ3n) is 5.07. The molecule has 1 aliphatic rings. The second kappa shape index (κ2) is 8.74. The molecule has 1 N–H and O–H groups in total. The van der Waals surface area contributed by atoms with Gasteiger partial charge in [0.05, 0.1) is 7.11 Å². The van der Waals surface area contributed by atoms with E-state index in [0.717, 1.165) is 29.7 Å². The number of rotatable bonds is 4. The van der Waals surface area contributed by atoms with E-state index in [-0.39, 0.29) is 17.5 Å². The first kappa shape index (κ1) is 20.2. The first-order chi connectivity index (χ1) is 14.5. The fourth-order valence-electron chi connectivity index (χ4n) is 3.38. The number of benzene rings is 2. The summed E-state index contributed by atoms with van der Waals surface area (Å²) < 4.78 is 32.2. The topological polar surface area (TPSA) is 67.3 Å². The molecule has 1 saturated heterocycles. The van der Waals surface area contributed by atoms with Crippen molar-refractivity contribution in [2.24, 2.45) is 0 Å². The Morgan fingerprint density at radius 1 is 1.13 bits per heavy atom. The van der Waals surface area contributed by atoms with Crippen LogP contribution in [-0.4, -0.2) is 41.3 Å². The van der Waals surface area contributed by atoms with Crippen LogP contribution in [0.15, 0.2) is 42.5 Å². The van der Waals surface area contributed by atoms with Crippen LogP contribution in [0, 0.1) is 11.6 Å². The van der Waals surface area contributed by atoms with Crippen LogP contribution in [0.5, 0.6) is 5.75 Å². The Morgan fingerprint density at radius 2 is 1.87 bits per heavy atom. The highest BCUT2D eigenvalue weighted by atomic mass is 32.1. The van der Waals surface area contributed by atoms with Crippen LogP contribution in [0.4, 0.5) is 19.3 Å². The lowest BCUT2D eigenvalue weighted by molar-refractivity contribution is 0.194. The molecular formula is C21H20F2N4O2S. The summed E-state index contributed by atoms with van der Waals surface area (Å²) >= 11 is 1.31. The van der Waals surface area contributed by atoms with Gasteiger partial charge in [-0.15, -0.1) is 10.2 Å². The number of ether oxygens (including phenoxy) is 1. The summed E-state index contributed by atoms with van der Waals surface area (Å²) in [5, 5.41) is 12.4. The average Bonchev–Trinajstić information content (AvgIpc) is 3.24. The van der Waals surface area contributed by atoms with Crippen LogP contribution in [0.3, 0.4) is 0 Å². The second-order valence-electron chi connectivity index (χ2n) is 6.99. The Morgan fingerprint density at radius 3 is 2.53 bits per heavy atom. The number of aromatic nitrogens is 2. The maximum absolute atomic E-state index is 14.0. The quantitative estimate of drug-likeness (QED) is 0.639. The van der Waals surface area contributed by atoms with Crippen molar-refractivity contribution in [1.29, 1.82) is 0 Å². The van der Waals surface area contributed by atoms with Gasteiger partial charge in [-0.1, -0.05) is 11.3 Å². The van der Waals surface area contributed by atoms with Gasteiger partial charge in [0.25, 0.3) is 0 Å². The smallest absolute Gasteiger partial charge is 0.321 e. The number of hydrogen-bond donors (Lipinski definition) is 1. The normalized spacial score (nSPS) is 14.6. The van der Waals surface area contributed by atoms with Gasteiger partial charge < -0.3 is 15.0 Å². The zero-order chi connectivity index (χ0) is 21.1. The highest BCUT2D eigenvalue weighted by Gasteiger charge is 2.27. The van der Waals surface area contributed by atoms with Crippen LogP contribution >= 0.6 is 11.3 Å². The second-order valence-corrected chi connectivity index (χ2v) is 8.00. The first-order valence-electron chi connectivity index (χ1n) is 9.52. The number of nitrogens with one attached hydrogen (secondary N) is 1. The van der Waals surface area contributed by atoms with Crippen molar-refractivity contribution in [3.05, 3.63) is 59.1 Å².